The Morgan fingerprint density at radius 3 is 2.71 bits per heavy atom. The monoisotopic (exact) mass is 456 g/mol. The van der Waals surface area contributed by atoms with Gasteiger partial charge in [0.1, 0.15) is 15.9 Å². The quantitative estimate of drug-likeness (QED) is 0.708. The minimum atomic E-state index is -3.86. The summed E-state index contributed by atoms with van der Waals surface area (Å²) in [5, 5.41) is -0.135. The molecule has 0 bridgehead atoms. The summed E-state index contributed by atoms with van der Waals surface area (Å²) in [4.78, 5) is 3.61. The van der Waals surface area contributed by atoms with Crippen molar-refractivity contribution < 1.29 is 12.8 Å². The minimum Gasteiger partial charge on any atom is -0.242 e. The lowest BCUT2D eigenvalue weighted by Crippen LogP contribution is -2.24. The summed E-state index contributed by atoms with van der Waals surface area (Å²) < 4.78 is 41.0. The number of halogens is 4. The first-order valence-electron chi connectivity index (χ1n) is 5.54. The number of pyridine rings is 1. The van der Waals surface area contributed by atoms with Gasteiger partial charge in [-0.2, -0.15) is 0 Å². The summed E-state index contributed by atoms with van der Waals surface area (Å²) >= 11 is 12.2. The Labute approximate surface area is 143 Å². The second-order valence-electron chi connectivity index (χ2n) is 4.00. The van der Waals surface area contributed by atoms with Crippen LogP contribution in [0.3, 0.4) is 0 Å². The van der Waals surface area contributed by atoms with Gasteiger partial charge in [-0.15, -0.1) is 0 Å². The predicted octanol–water partition coefficient (Wildman–Crippen LogP) is 3.88. The molecule has 0 aliphatic rings. The highest BCUT2D eigenvalue weighted by Crippen LogP contribution is 2.23. The number of nitrogens with zero attached hydrogens (tertiary/aromatic N) is 1. The van der Waals surface area contributed by atoms with Crippen LogP contribution in [0.15, 0.2) is 44.3 Å². The maximum atomic E-state index is 13.2. The third-order valence-electron chi connectivity index (χ3n) is 2.52. The molecule has 1 aromatic carbocycles. The molecule has 1 N–H and O–H groups in total. The Morgan fingerprint density at radius 2 is 2.00 bits per heavy atom. The van der Waals surface area contributed by atoms with Crippen LogP contribution < -0.4 is 4.72 Å². The van der Waals surface area contributed by atoms with E-state index >= 15 is 0 Å². The molecule has 4 nitrogen and oxygen atoms in total. The maximum absolute atomic E-state index is 13.2. The highest BCUT2D eigenvalue weighted by Gasteiger charge is 2.19. The third-order valence-corrected chi connectivity index (χ3v) is 5.56. The van der Waals surface area contributed by atoms with Crippen molar-refractivity contribution in [1.82, 2.24) is 9.71 Å². The Kier molecular flexibility index (Phi) is 5.37. The van der Waals surface area contributed by atoms with Gasteiger partial charge in [0.2, 0.25) is 10.0 Å². The van der Waals surface area contributed by atoms with Gasteiger partial charge in [-0.3, -0.25) is 0 Å². The largest absolute Gasteiger partial charge is 0.243 e. The van der Waals surface area contributed by atoms with Gasteiger partial charge in [0.05, 0.1) is 0 Å². The van der Waals surface area contributed by atoms with Crippen LogP contribution in [-0.4, -0.2) is 13.4 Å². The van der Waals surface area contributed by atoms with E-state index in [4.69, 9.17) is 11.6 Å². The molecule has 0 aliphatic carbocycles. The SMILES string of the molecule is O=S(=O)(NCc1cc(F)ccc1Br)c1cc(Br)cnc1Cl. The van der Waals surface area contributed by atoms with Gasteiger partial charge in [-0.05, 0) is 45.8 Å². The van der Waals surface area contributed by atoms with Crippen molar-refractivity contribution in [3.8, 4) is 0 Å². The lowest BCUT2D eigenvalue weighted by atomic mass is 10.2. The van der Waals surface area contributed by atoms with E-state index in [2.05, 4.69) is 41.6 Å². The maximum Gasteiger partial charge on any atom is 0.243 e. The molecule has 0 unspecified atom stereocenters. The fourth-order valence-electron chi connectivity index (χ4n) is 1.52. The molecule has 0 saturated heterocycles. The Balaban J connectivity index is 2.26. The van der Waals surface area contributed by atoms with Gasteiger partial charge in [0.15, 0.2) is 0 Å². The second-order valence-corrected chi connectivity index (χ2v) is 7.87. The zero-order valence-electron chi connectivity index (χ0n) is 10.3. The van der Waals surface area contributed by atoms with Crippen LogP contribution >= 0.6 is 43.5 Å². The molecule has 0 aliphatic heterocycles. The molecule has 1 heterocycles. The molecule has 2 rings (SSSR count). The van der Waals surface area contributed by atoms with Gasteiger partial charge in [0.25, 0.3) is 0 Å². The minimum absolute atomic E-state index is 0.0798. The Morgan fingerprint density at radius 1 is 1.29 bits per heavy atom. The third kappa shape index (κ3) is 4.23. The van der Waals surface area contributed by atoms with Crippen LogP contribution in [0.2, 0.25) is 5.15 Å². The number of nitrogens with one attached hydrogen (secondary N) is 1. The van der Waals surface area contributed by atoms with Gasteiger partial charge in [-0.1, -0.05) is 27.5 Å². The van der Waals surface area contributed by atoms with Crippen molar-refractivity contribution in [3.63, 3.8) is 0 Å². The average molecular weight is 459 g/mol. The summed E-state index contributed by atoms with van der Waals surface area (Å²) in [5.41, 5.74) is 0.470. The van der Waals surface area contributed by atoms with E-state index in [0.29, 0.717) is 14.5 Å². The number of hydrogen-bond donors (Lipinski definition) is 1. The Bertz CT molecular complexity index is 787. The summed E-state index contributed by atoms with van der Waals surface area (Å²) in [6.07, 6.45) is 1.39. The molecule has 0 fully saturated rings. The van der Waals surface area contributed by atoms with Crippen molar-refractivity contribution in [1.29, 1.82) is 0 Å². The number of sulfonamides is 1. The van der Waals surface area contributed by atoms with E-state index in [9.17, 15) is 12.8 Å². The number of aromatic nitrogens is 1. The molecule has 0 atom stereocenters. The first kappa shape index (κ1) is 16.8. The van der Waals surface area contributed by atoms with Gasteiger partial charge in [0, 0.05) is 21.7 Å². The molecular weight excluding hydrogens is 450 g/mol. The lowest BCUT2D eigenvalue weighted by Gasteiger charge is -2.09. The highest BCUT2D eigenvalue weighted by atomic mass is 79.9. The van der Waals surface area contributed by atoms with Crippen molar-refractivity contribution in [3.05, 3.63) is 55.9 Å². The predicted molar refractivity (Wildman–Crippen MR) is 85.1 cm³/mol. The van der Waals surface area contributed by atoms with Crippen LogP contribution in [-0.2, 0) is 16.6 Å². The van der Waals surface area contributed by atoms with E-state index in [1.54, 1.807) is 0 Å². The molecule has 0 saturated carbocycles. The molecular formula is C12H8Br2ClFN2O2S. The van der Waals surface area contributed by atoms with Crippen LogP contribution in [0.4, 0.5) is 4.39 Å². The van der Waals surface area contributed by atoms with E-state index in [-0.39, 0.29) is 16.6 Å². The molecule has 0 radical (unpaired) electrons. The zero-order valence-corrected chi connectivity index (χ0v) is 15.0. The zero-order chi connectivity index (χ0) is 15.6. The first-order valence-corrected chi connectivity index (χ1v) is 8.99. The van der Waals surface area contributed by atoms with Crippen molar-refractivity contribution in [2.24, 2.45) is 0 Å². The van der Waals surface area contributed by atoms with Gasteiger partial charge >= 0.3 is 0 Å². The normalized spacial score (nSPS) is 11.6. The molecule has 21 heavy (non-hydrogen) atoms. The van der Waals surface area contributed by atoms with Crippen molar-refractivity contribution in [2.45, 2.75) is 11.4 Å². The van der Waals surface area contributed by atoms with E-state index < -0.39 is 15.8 Å². The van der Waals surface area contributed by atoms with Crippen LogP contribution in [0, 0.1) is 5.82 Å². The summed E-state index contributed by atoms with van der Waals surface area (Å²) in [6.45, 7) is -0.0798. The van der Waals surface area contributed by atoms with E-state index in [1.165, 1.54) is 30.5 Å². The van der Waals surface area contributed by atoms with Crippen LogP contribution in [0.5, 0.6) is 0 Å². The molecule has 1 aromatic heterocycles. The van der Waals surface area contributed by atoms with Gasteiger partial charge < -0.3 is 0 Å². The topological polar surface area (TPSA) is 59.1 Å². The van der Waals surface area contributed by atoms with Crippen LogP contribution in [0.1, 0.15) is 5.56 Å². The number of rotatable bonds is 4. The number of benzene rings is 1. The van der Waals surface area contributed by atoms with Crippen molar-refractivity contribution in [2.75, 3.05) is 0 Å². The highest BCUT2D eigenvalue weighted by molar-refractivity contribution is 9.10. The standard InChI is InChI=1S/C12H8Br2ClFN2O2S/c13-8-4-11(12(15)17-6-8)21(19,20)18-5-7-3-9(16)1-2-10(7)14/h1-4,6,18H,5H2. The molecule has 2 aromatic rings. The summed E-state index contributed by atoms with van der Waals surface area (Å²) in [6, 6.07) is 5.37. The lowest BCUT2D eigenvalue weighted by molar-refractivity contribution is 0.579. The Hall–Kier alpha value is -0.540. The van der Waals surface area contributed by atoms with Gasteiger partial charge in [-0.25, -0.2) is 22.5 Å². The molecule has 0 amide bonds. The fourth-order valence-corrected chi connectivity index (χ4v) is 3.86. The first-order chi connectivity index (χ1) is 9.79. The molecule has 9 heteroatoms. The molecule has 0 spiro atoms. The van der Waals surface area contributed by atoms with Crippen molar-refractivity contribution >= 4 is 53.5 Å². The average Bonchev–Trinajstić information content (AvgIpc) is 2.42. The van der Waals surface area contributed by atoms with E-state index in [1.807, 2.05) is 0 Å². The smallest absolute Gasteiger partial charge is 0.242 e. The summed E-state index contributed by atoms with van der Waals surface area (Å²) in [5.74, 6) is -0.449. The van der Waals surface area contributed by atoms with Crippen LogP contribution in [0.25, 0.3) is 0 Å². The fraction of sp³-hybridized carbons (Fsp3) is 0.0833. The molecule has 112 valence electrons. The number of hydrogen-bond acceptors (Lipinski definition) is 3. The second kappa shape index (κ2) is 6.70. The summed E-state index contributed by atoms with van der Waals surface area (Å²) in [7, 11) is -3.86. The van der Waals surface area contributed by atoms with E-state index in [0.717, 1.165) is 0 Å².